The minimum atomic E-state index is 0.393. The highest BCUT2D eigenvalue weighted by Crippen LogP contribution is 2.40. The van der Waals surface area contributed by atoms with E-state index in [1.54, 1.807) is 6.33 Å². The third kappa shape index (κ3) is 3.84. The highest BCUT2D eigenvalue weighted by atomic mass is 15.1. The normalized spacial score (nSPS) is 15.7. The molecule has 1 aromatic carbocycles. The van der Waals surface area contributed by atoms with Crippen LogP contribution < -0.4 is 0 Å². The molecule has 1 aliphatic rings. The van der Waals surface area contributed by atoms with E-state index in [9.17, 15) is 0 Å². The van der Waals surface area contributed by atoms with Crippen LogP contribution in [0.3, 0.4) is 0 Å². The summed E-state index contributed by atoms with van der Waals surface area (Å²) in [5.41, 5.74) is 10.6. The standard InChI is InChI=1S/C28H33N7/c1-16(2)25-22-13-20(19-8-11-35(12-9-19)14-24-17(3)30-15-31-24)5-6-23(22)32-27(25)21-7-10-29-28-26(21)18(4)33-34-28/h5-7,10,13,15-16,19,32H,8-9,11-12,14H2,1-4H3,(H,30,31)(H,29,33,34). The Kier molecular flexibility index (Phi) is 5.44. The lowest BCUT2D eigenvalue weighted by atomic mass is 9.87. The Hall–Kier alpha value is -3.45. The number of nitrogens with one attached hydrogen (secondary N) is 3. The van der Waals surface area contributed by atoms with Crippen molar-refractivity contribution in [3.63, 3.8) is 0 Å². The van der Waals surface area contributed by atoms with Gasteiger partial charge in [0.15, 0.2) is 5.65 Å². The van der Waals surface area contributed by atoms with Gasteiger partial charge in [-0.15, -0.1) is 0 Å². The van der Waals surface area contributed by atoms with Gasteiger partial charge in [0.1, 0.15) is 0 Å². The van der Waals surface area contributed by atoms with Gasteiger partial charge < -0.3 is 9.97 Å². The lowest BCUT2D eigenvalue weighted by molar-refractivity contribution is 0.202. The number of H-pyrrole nitrogens is 3. The molecule has 3 N–H and O–H groups in total. The van der Waals surface area contributed by atoms with Crippen molar-refractivity contribution in [1.29, 1.82) is 0 Å². The molecule has 0 radical (unpaired) electrons. The molecule has 0 spiro atoms. The fourth-order valence-corrected chi connectivity index (χ4v) is 5.81. The van der Waals surface area contributed by atoms with E-state index < -0.39 is 0 Å². The van der Waals surface area contributed by atoms with Gasteiger partial charge in [0.2, 0.25) is 0 Å². The SMILES string of the molecule is Cc1nc[nH]c1CN1CCC(c2ccc3[nH]c(-c4ccnc5[nH]nc(C)c45)c(C(C)C)c3c2)CC1. The summed E-state index contributed by atoms with van der Waals surface area (Å²) < 4.78 is 0. The van der Waals surface area contributed by atoms with E-state index in [1.807, 2.05) is 13.1 Å². The molecular weight excluding hydrogens is 434 g/mol. The number of likely N-dealkylation sites (tertiary alicyclic amines) is 1. The Morgan fingerprint density at radius 3 is 2.63 bits per heavy atom. The minimum absolute atomic E-state index is 0.393. The molecule has 1 fully saturated rings. The molecular formula is C28H33N7. The molecule has 0 atom stereocenters. The summed E-state index contributed by atoms with van der Waals surface area (Å²) in [4.78, 5) is 18.4. The maximum Gasteiger partial charge on any atom is 0.156 e. The molecule has 7 nitrogen and oxygen atoms in total. The topological polar surface area (TPSA) is 89.3 Å². The van der Waals surface area contributed by atoms with E-state index in [2.05, 4.69) is 80.1 Å². The number of nitrogens with zero attached hydrogens (tertiary/aromatic N) is 4. The summed E-state index contributed by atoms with van der Waals surface area (Å²) in [5.74, 6) is 0.990. The minimum Gasteiger partial charge on any atom is -0.354 e. The number of imidazole rings is 1. The third-order valence-corrected chi connectivity index (χ3v) is 7.73. The molecule has 0 amide bonds. The molecule has 0 aliphatic carbocycles. The monoisotopic (exact) mass is 467 g/mol. The number of aromatic nitrogens is 6. The molecule has 1 saturated heterocycles. The third-order valence-electron chi connectivity index (χ3n) is 7.73. The second kappa shape index (κ2) is 8.64. The van der Waals surface area contributed by atoms with Gasteiger partial charge in [0.25, 0.3) is 0 Å². The second-order valence-electron chi connectivity index (χ2n) is 10.3. The van der Waals surface area contributed by atoms with E-state index in [0.29, 0.717) is 11.8 Å². The van der Waals surface area contributed by atoms with Crippen LogP contribution in [-0.2, 0) is 6.54 Å². The van der Waals surface area contributed by atoms with E-state index in [0.717, 1.165) is 42.1 Å². The Morgan fingerprint density at radius 1 is 1.06 bits per heavy atom. The first-order valence-electron chi connectivity index (χ1n) is 12.7. The van der Waals surface area contributed by atoms with Gasteiger partial charge >= 0.3 is 0 Å². The first-order valence-corrected chi connectivity index (χ1v) is 12.7. The fraction of sp³-hybridized carbons (Fsp3) is 0.393. The number of fused-ring (bicyclic) bond motifs is 2. The number of rotatable bonds is 5. The molecule has 4 aromatic heterocycles. The number of piperidine rings is 1. The van der Waals surface area contributed by atoms with Gasteiger partial charge in [-0.05, 0) is 80.9 Å². The highest BCUT2D eigenvalue weighted by molar-refractivity contribution is 5.99. The largest absolute Gasteiger partial charge is 0.354 e. The molecule has 0 bridgehead atoms. The van der Waals surface area contributed by atoms with Crippen LogP contribution in [0, 0.1) is 13.8 Å². The van der Waals surface area contributed by atoms with E-state index in [-0.39, 0.29) is 0 Å². The van der Waals surface area contributed by atoms with Gasteiger partial charge in [-0.25, -0.2) is 9.97 Å². The van der Waals surface area contributed by atoms with Crippen LogP contribution in [0.25, 0.3) is 33.2 Å². The van der Waals surface area contributed by atoms with Crippen molar-refractivity contribution >= 4 is 21.9 Å². The smallest absolute Gasteiger partial charge is 0.156 e. The molecule has 1 aliphatic heterocycles. The van der Waals surface area contributed by atoms with E-state index >= 15 is 0 Å². The molecule has 0 saturated carbocycles. The van der Waals surface area contributed by atoms with Crippen LogP contribution in [0.5, 0.6) is 0 Å². The number of pyridine rings is 1. The lowest BCUT2D eigenvalue weighted by Gasteiger charge is -2.32. The molecule has 7 heteroatoms. The van der Waals surface area contributed by atoms with Gasteiger partial charge in [-0.1, -0.05) is 19.9 Å². The molecule has 0 unspecified atom stereocenters. The first kappa shape index (κ1) is 22.0. The van der Waals surface area contributed by atoms with Crippen LogP contribution in [-0.4, -0.2) is 48.1 Å². The molecule has 180 valence electrons. The van der Waals surface area contributed by atoms with Crippen LogP contribution in [0.15, 0.2) is 36.8 Å². The summed E-state index contributed by atoms with van der Waals surface area (Å²) in [5, 5.41) is 9.92. The zero-order chi connectivity index (χ0) is 24.1. The summed E-state index contributed by atoms with van der Waals surface area (Å²) in [6.45, 7) is 11.9. The molecule has 6 rings (SSSR count). The van der Waals surface area contributed by atoms with Gasteiger partial charge in [-0.2, -0.15) is 5.10 Å². The Morgan fingerprint density at radius 2 is 1.89 bits per heavy atom. The van der Waals surface area contributed by atoms with Gasteiger partial charge in [0.05, 0.1) is 34.5 Å². The Bertz CT molecular complexity index is 1490. The molecule has 5 heterocycles. The summed E-state index contributed by atoms with van der Waals surface area (Å²) in [7, 11) is 0. The Balaban J connectivity index is 1.32. The predicted molar refractivity (Wildman–Crippen MR) is 141 cm³/mol. The molecule has 5 aromatic rings. The van der Waals surface area contributed by atoms with E-state index in [1.165, 1.54) is 51.8 Å². The number of aromatic amines is 3. The predicted octanol–water partition coefficient (Wildman–Crippen LogP) is 5.95. The van der Waals surface area contributed by atoms with Crippen molar-refractivity contribution < 1.29 is 0 Å². The molecule has 35 heavy (non-hydrogen) atoms. The van der Waals surface area contributed by atoms with Crippen LogP contribution in [0.2, 0.25) is 0 Å². The quantitative estimate of drug-likeness (QED) is 0.298. The summed E-state index contributed by atoms with van der Waals surface area (Å²) in [6, 6.07) is 9.17. The maximum atomic E-state index is 4.48. The lowest BCUT2D eigenvalue weighted by Crippen LogP contribution is -2.32. The number of benzene rings is 1. The van der Waals surface area contributed by atoms with Crippen molar-refractivity contribution in [1.82, 2.24) is 35.0 Å². The van der Waals surface area contributed by atoms with Crippen molar-refractivity contribution in [3.8, 4) is 11.3 Å². The van der Waals surface area contributed by atoms with Crippen molar-refractivity contribution in [2.24, 2.45) is 0 Å². The second-order valence-corrected chi connectivity index (χ2v) is 10.3. The summed E-state index contributed by atoms with van der Waals surface area (Å²) >= 11 is 0. The maximum absolute atomic E-state index is 4.48. The summed E-state index contributed by atoms with van der Waals surface area (Å²) in [6.07, 6.45) is 6.04. The number of aryl methyl sites for hydroxylation is 2. The van der Waals surface area contributed by atoms with Gasteiger partial charge in [-0.3, -0.25) is 10.00 Å². The Labute approximate surface area is 205 Å². The van der Waals surface area contributed by atoms with Crippen molar-refractivity contribution in [3.05, 3.63) is 65.0 Å². The first-order chi connectivity index (χ1) is 17.0. The highest BCUT2D eigenvalue weighted by Gasteiger charge is 2.24. The van der Waals surface area contributed by atoms with E-state index in [4.69, 9.17) is 0 Å². The fourth-order valence-electron chi connectivity index (χ4n) is 5.81. The van der Waals surface area contributed by atoms with Crippen LogP contribution in [0.4, 0.5) is 0 Å². The average molecular weight is 468 g/mol. The van der Waals surface area contributed by atoms with Crippen LogP contribution >= 0.6 is 0 Å². The van der Waals surface area contributed by atoms with Crippen molar-refractivity contribution in [2.75, 3.05) is 13.1 Å². The average Bonchev–Trinajstić information content (AvgIpc) is 3.56. The zero-order valence-electron chi connectivity index (χ0n) is 20.9. The zero-order valence-corrected chi connectivity index (χ0v) is 20.9. The van der Waals surface area contributed by atoms with Gasteiger partial charge in [0, 0.05) is 29.2 Å². The van der Waals surface area contributed by atoms with Crippen LogP contribution in [0.1, 0.15) is 66.7 Å². The number of hydrogen-bond acceptors (Lipinski definition) is 4. The number of hydrogen-bond donors (Lipinski definition) is 3. The van der Waals surface area contributed by atoms with Crippen molar-refractivity contribution in [2.45, 2.75) is 58.9 Å².